The van der Waals surface area contributed by atoms with E-state index in [0.29, 0.717) is 0 Å². The number of aromatic nitrogens is 1. The molecule has 0 unspecified atom stereocenters. The van der Waals surface area contributed by atoms with Gasteiger partial charge in [-0.2, -0.15) is 0 Å². The van der Waals surface area contributed by atoms with Crippen LogP contribution in [0.4, 0.5) is 0 Å². The number of nitrogens with zero attached hydrogens (tertiary/aromatic N) is 1. The lowest BCUT2D eigenvalue weighted by atomic mass is 9.98. The van der Waals surface area contributed by atoms with Gasteiger partial charge in [0.25, 0.3) is 0 Å². The molecule has 0 aliphatic heterocycles. The van der Waals surface area contributed by atoms with Crippen LogP contribution in [0.25, 0.3) is 49.8 Å². The van der Waals surface area contributed by atoms with Gasteiger partial charge in [0.2, 0.25) is 0 Å². The molecule has 1 aromatic heterocycles. The molecule has 47 heavy (non-hydrogen) atoms. The predicted octanol–water partition coefficient (Wildman–Crippen LogP) is 13.4. The Labute approximate surface area is 287 Å². The first kappa shape index (κ1) is 32.0. The Bertz CT molecular complexity index is 2070. The highest BCUT2D eigenvalue weighted by atomic mass is 79.9. The summed E-state index contributed by atoms with van der Waals surface area (Å²) in [6, 6.07) is 54.1. The van der Waals surface area contributed by atoms with E-state index in [1.165, 1.54) is 60.9 Å². The summed E-state index contributed by atoms with van der Waals surface area (Å²) in [7, 11) is 0. The second-order valence-corrected chi connectivity index (χ2v) is 12.3. The van der Waals surface area contributed by atoms with Gasteiger partial charge in [0, 0.05) is 20.9 Å². The van der Waals surface area contributed by atoms with E-state index in [0.717, 1.165) is 23.7 Å². The molecule has 7 aromatic rings. The van der Waals surface area contributed by atoms with Crippen molar-refractivity contribution in [2.24, 2.45) is 0 Å². The van der Waals surface area contributed by atoms with Crippen molar-refractivity contribution >= 4 is 43.4 Å². The van der Waals surface area contributed by atoms with Crippen LogP contribution in [-0.2, 0) is 6.42 Å². The SMILES string of the molecule is Brc1ccc(-c2ccc3c(c2)c2cc(-c4ccc(Cc5ccccc5)cc4)ccc2n3C2=CCCC=C2)cc1.CC.c1ccccc1. The summed E-state index contributed by atoms with van der Waals surface area (Å²) in [5, 5.41) is 2.57. The fourth-order valence-electron chi connectivity index (χ4n) is 6.10. The van der Waals surface area contributed by atoms with E-state index in [-0.39, 0.29) is 0 Å². The summed E-state index contributed by atoms with van der Waals surface area (Å²) >= 11 is 3.57. The number of halogens is 1. The van der Waals surface area contributed by atoms with E-state index in [2.05, 4.69) is 154 Å². The van der Waals surface area contributed by atoms with Crippen molar-refractivity contribution in [3.63, 3.8) is 0 Å². The van der Waals surface area contributed by atoms with Crippen LogP contribution >= 0.6 is 15.9 Å². The molecule has 0 fully saturated rings. The van der Waals surface area contributed by atoms with Crippen molar-refractivity contribution in [1.82, 2.24) is 4.57 Å². The number of hydrogen-bond donors (Lipinski definition) is 0. The maximum atomic E-state index is 3.57. The number of benzene rings is 6. The number of rotatable bonds is 5. The fourth-order valence-corrected chi connectivity index (χ4v) is 6.36. The molecule has 0 bridgehead atoms. The second kappa shape index (κ2) is 15.6. The molecule has 0 N–H and O–H groups in total. The molecule has 0 saturated heterocycles. The van der Waals surface area contributed by atoms with Gasteiger partial charge < -0.3 is 4.57 Å². The molecular formula is C45H40BrN. The van der Waals surface area contributed by atoms with E-state index in [1.807, 2.05) is 50.2 Å². The molecule has 1 nitrogen and oxygen atoms in total. The van der Waals surface area contributed by atoms with Crippen LogP contribution in [0.1, 0.15) is 37.8 Å². The first-order valence-corrected chi connectivity index (χ1v) is 17.4. The molecule has 0 saturated carbocycles. The number of hydrogen-bond acceptors (Lipinski definition) is 0. The minimum atomic E-state index is 0.953. The molecule has 8 rings (SSSR count). The van der Waals surface area contributed by atoms with Crippen LogP contribution in [0.15, 0.2) is 174 Å². The Kier molecular flexibility index (Phi) is 10.6. The second-order valence-electron chi connectivity index (χ2n) is 11.4. The zero-order valence-corrected chi connectivity index (χ0v) is 28.7. The molecule has 0 spiro atoms. The fraction of sp³-hybridized carbons (Fsp3) is 0.111. The molecule has 0 atom stereocenters. The van der Waals surface area contributed by atoms with Crippen LogP contribution in [0, 0.1) is 0 Å². The van der Waals surface area contributed by atoms with Crippen LogP contribution in [0.2, 0.25) is 0 Å². The Morgan fingerprint density at radius 3 is 1.49 bits per heavy atom. The Morgan fingerprint density at radius 2 is 0.979 bits per heavy atom. The van der Waals surface area contributed by atoms with E-state index in [4.69, 9.17) is 0 Å². The van der Waals surface area contributed by atoms with E-state index < -0.39 is 0 Å². The lowest BCUT2D eigenvalue weighted by Crippen LogP contribution is -1.97. The summed E-state index contributed by atoms with van der Waals surface area (Å²) in [6.45, 7) is 4.00. The highest BCUT2D eigenvalue weighted by Crippen LogP contribution is 2.38. The molecule has 1 heterocycles. The Balaban J connectivity index is 0.000000430. The minimum Gasteiger partial charge on any atom is -0.310 e. The molecule has 2 heteroatoms. The van der Waals surface area contributed by atoms with Gasteiger partial charge in [0.15, 0.2) is 0 Å². The van der Waals surface area contributed by atoms with Gasteiger partial charge in [0.05, 0.1) is 11.0 Å². The quantitative estimate of drug-likeness (QED) is 0.171. The normalized spacial score (nSPS) is 12.1. The lowest BCUT2D eigenvalue weighted by molar-refractivity contribution is 1.02. The Hall–Kier alpha value is -4.92. The first-order valence-electron chi connectivity index (χ1n) is 16.6. The third kappa shape index (κ3) is 7.56. The van der Waals surface area contributed by atoms with Crippen molar-refractivity contribution in [2.75, 3.05) is 0 Å². The zero-order chi connectivity index (χ0) is 32.4. The largest absolute Gasteiger partial charge is 0.310 e. The van der Waals surface area contributed by atoms with E-state index in [9.17, 15) is 0 Å². The smallest absolute Gasteiger partial charge is 0.0541 e. The maximum absolute atomic E-state index is 3.57. The van der Waals surface area contributed by atoms with Crippen molar-refractivity contribution in [2.45, 2.75) is 33.1 Å². The summed E-state index contributed by atoms with van der Waals surface area (Å²) in [5.41, 5.74) is 11.4. The highest BCUT2D eigenvalue weighted by Gasteiger charge is 2.15. The molecular weight excluding hydrogens is 634 g/mol. The van der Waals surface area contributed by atoms with Gasteiger partial charge in [-0.3, -0.25) is 0 Å². The monoisotopic (exact) mass is 673 g/mol. The number of allylic oxidation sites excluding steroid dienone is 4. The zero-order valence-electron chi connectivity index (χ0n) is 27.1. The highest BCUT2D eigenvalue weighted by molar-refractivity contribution is 9.10. The van der Waals surface area contributed by atoms with Gasteiger partial charge in [-0.05, 0) is 95.1 Å². The molecule has 0 amide bonds. The van der Waals surface area contributed by atoms with Gasteiger partial charge in [-0.15, -0.1) is 0 Å². The number of fused-ring (bicyclic) bond motifs is 3. The van der Waals surface area contributed by atoms with Crippen molar-refractivity contribution in [3.05, 3.63) is 185 Å². The van der Waals surface area contributed by atoms with Gasteiger partial charge >= 0.3 is 0 Å². The molecule has 1 aliphatic carbocycles. The Morgan fingerprint density at radius 1 is 0.511 bits per heavy atom. The maximum Gasteiger partial charge on any atom is 0.0541 e. The van der Waals surface area contributed by atoms with E-state index in [1.54, 1.807) is 0 Å². The third-order valence-electron chi connectivity index (χ3n) is 8.38. The summed E-state index contributed by atoms with van der Waals surface area (Å²) in [4.78, 5) is 0. The molecule has 232 valence electrons. The average molecular weight is 675 g/mol. The van der Waals surface area contributed by atoms with Crippen molar-refractivity contribution < 1.29 is 0 Å². The van der Waals surface area contributed by atoms with Gasteiger partial charge in [-0.1, -0.05) is 157 Å². The van der Waals surface area contributed by atoms with Crippen LogP contribution in [-0.4, -0.2) is 4.57 Å². The predicted molar refractivity (Wildman–Crippen MR) is 208 cm³/mol. The van der Waals surface area contributed by atoms with Gasteiger partial charge in [-0.25, -0.2) is 0 Å². The summed E-state index contributed by atoms with van der Waals surface area (Å²) in [5.74, 6) is 0. The van der Waals surface area contributed by atoms with Crippen LogP contribution in [0.5, 0.6) is 0 Å². The van der Waals surface area contributed by atoms with Crippen LogP contribution in [0.3, 0.4) is 0 Å². The average Bonchev–Trinajstić information content (AvgIpc) is 3.48. The van der Waals surface area contributed by atoms with Gasteiger partial charge in [0.1, 0.15) is 0 Å². The summed E-state index contributed by atoms with van der Waals surface area (Å²) < 4.78 is 3.53. The molecule has 6 aromatic carbocycles. The minimum absolute atomic E-state index is 0.953. The standard InChI is InChI=1S/C37H28BrN.C6H6.C2H6/c38-32-19-15-29(16-20-32)31-18-22-37-35(25-31)34-24-30(17-21-36(34)39(37)33-9-5-2-6-10-33)28-13-11-27(12-14-28)23-26-7-3-1-4-8-26;1-2-4-6-5-3-1;1-2/h1,3-5,7-22,24-25H,2,6,23H2;1-6H;1-2H3. The summed E-state index contributed by atoms with van der Waals surface area (Å²) in [6.07, 6.45) is 10.1. The topological polar surface area (TPSA) is 4.93 Å². The first-order chi connectivity index (χ1) is 23.2. The lowest BCUT2D eigenvalue weighted by Gasteiger charge is -2.12. The van der Waals surface area contributed by atoms with Crippen molar-refractivity contribution in [1.29, 1.82) is 0 Å². The van der Waals surface area contributed by atoms with Crippen LogP contribution < -0.4 is 0 Å². The van der Waals surface area contributed by atoms with E-state index >= 15 is 0 Å². The van der Waals surface area contributed by atoms with Crippen molar-refractivity contribution in [3.8, 4) is 22.3 Å². The third-order valence-corrected chi connectivity index (χ3v) is 8.91. The molecule has 1 aliphatic rings. The molecule has 0 radical (unpaired) electrons.